The molecule has 0 aromatic heterocycles. The molecule has 0 amide bonds. The third-order valence-corrected chi connectivity index (χ3v) is 8.81. The van der Waals surface area contributed by atoms with E-state index in [-0.39, 0.29) is 16.9 Å². The van der Waals surface area contributed by atoms with E-state index in [9.17, 15) is 8.22 Å². The molecule has 250 valence electrons. The first-order valence-corrected chi connectivity index (χ1v) is 16.8. The molecule has 0 saturated heterocycles. The van der Waals surface area contributed by atoms with Crippen molar-refractivity contribution in [2.75, 3.05) is 4.90 Å². The lowest BCUT2D eigenvalue weighted by Crippen LogP contribution is -2.10. The van der Waals surface area contributed by atoms with Crippen LogP contribution in [0.15, 0.2) is 224 Å². The molecule has 0 unspecified atom stereocenters. The van der Waals surface area contributed by atoms with E-state index >= 15 is 0 Å². The number of rotatable bonds is 8. The molecular weight excluding hydrogens is 639 g/mol. The van der Waals surface area contributed by atoms with Crippen molar-refractivity contribution in [2.45, 2.75) is 0 Å². The summed E-state index contributed by atoms with van der Waals surface area (Å²) in [5.74, 6) is 0. The van der Waals surface area contributed by atoms with E-state index in [1.807, 2.05) is 72.8 Å². The average Bonchev–Trinajstić information content (AvgIpc) is 3.37. The molecule has 0 aliphatic carbocycles. The number of hydrogen-bond donors (Lipinski definition) is 0. The van der Waals surface area contributed by atoms with Crippen LogP contribution >= 0.6 is 0 Å². The molecule has 0 saturated carbocycles. The van der Waals surface area contributed by atoms with Crippen LogP contribution in [0.2, 0.25) is 0 Å². The Balaban J connectivity index is 1.28. The first-order chi connectivity index (χ1) is 33.4. The Bertz CT molecular complexity index is 3520. The van der Waals surface area contributed by atoms with Crippen molar-refractivity contribution in [2.24, 2.45) is 0 Å². The molecule has 9 aromatic carbocycles. The Labute approximate surface area is 335 Å². The number of fused-ring (bicyclic) bond motifs is 1. The first kappa shape index (κ1) is 18.5. The zero-order chi connectivity index (χ0) is 50.2. The van der Waals surface area contributed by atoms with Crippen LogP contribution in [0.3, 0.4) is 0 Å². The van der Waals surface area contributed by atoms with Gasteiger partial charge in [0, 0.05) is 17.1 Å². The van der Waals surface area contributed by atoms with Crippen LogP contribution in [0.1, 0.15) is 23.3 Å². The van der Waals surface area contributed by atoms with Gasteiger partial charge in [0.15, 0.2) is 0 Å². The van der Waals surface area contributed by atoms with Crippen molar-refractivity contribution in [3.8, 4) is 55.6 Å². The normalized spacial score (nSPS) is 15.5. The van der Waals surface area contributed by atoms with Gasteiger partial charge in [0.1, 0.15) is 0 Å². The predicted molar refractivity (Wildman–Crippen MR) is 226 cm³/mol. The maximum Gasteiger partial charge on any atom is 0.0651 e. The maximum atomic E-state index is 9.79. The Morgan fingerprint density at radius 1 is 0.302 bits per heavy atom. The fourth-order valence-corrected chi connectivity index (χ4v) is 6.16. The van der Waals surface area contributed by atoms with Crippen molar-refractivity contribution < 1.29 is 23.3 Å². The van der Waals surface area contributed by atoms with E-state index in [0.717, 1.165) is 27.6 Å². The molecule has 9 aromatic rings. The monoisotopic (exact) mass is 692 g/mol. The van der Waals surface area contributed by atoms with E-state index in [1.54, 1.807) is 48.5 Å². The Morgan fingerprint density at radius 2 is 0.811 bits per heavy atom. The summed E-state index contributed by atoms with van der Waals surface area (Å²) in [5.41, 5.74) is 0.767. The number of nitrogens with zero attached hydrogens (tertiary/aromatic N) is 1. The lowest BCUT2D eigenvalue weighted by molar-refractivity contribution is 1.28. The highest BCUT2D eigenvalue weighted by Gasteiger charge is 2.15. The summed E-state index contributed by atoms with van der Waals surface area (Å²) in [7, 11) is 0. The smallest absolute Gasteiger partial charge is 0.0651 e. The molecule has 1 heteroatoms. The second-order valence-corrected chi connectivity index (χ2v) is 12.0. The zero-order valence-electron chi connectivity index (χ0n) is 45.0. The van der Waals surface area contributed by atoms with Crippen molar-refractivity contribution in [1.29, 1.82) is 0 Å². The summed E-state index contributed by atoms with van der Waals surface area (Å²) in [6.07, 6.45) is 0. The second kappa shape index (κ2) is 14.3. The molecule has 0 bridgehead atoms. The molecule has 0 spiro atoms. The van der Waals surface area contributed by atoms with Gasteiger partial charge in [0.2, 0.25) is 0 Å². The Morgan fingerprint density at radius 3 is 1.47 bits per heavy atom. The molecule has 0 radical (unpaired) electrons. The first-order valence-electron chi connectivity index (χ1n) is 25.3. The molecule has 0 heterocycles. The van der Waals surface area contributed by atoms with Gasteiger partial charge in [-0.1, -0.05) is 188 Å². The average molecular weight is 693 g/mol. The quantitative estimate of drug-likeness (QED) is 0.153. The molecule has 0 aliphatic rings. The van der Waals surface area contributed by atoms with Crippen molar-refractivity contribution in [1.82, 2.24) is 0 Å². The topological polar surface area (TPSA) is 3.24 Å². The van der Waals surface area contributed by atoms with E-state index < -0.39 is 131 Å². The highest BCUT2D eigenvalue weighted by molar-refractivity contribution is 5.97. The van der Waals surface area contributed by atoms with Gasteiger partial charge >= 0.3 is 0 Å². The molecule has 0 N–H and O–H groups in total. The zero-order valence-corrected chi connectivity index (χ0v) is 28.0. The third kappa shape index (κ3) is 6.65. The van der Waals surface area contributed by atoms with Crippen LogP contribution in [-0.4, -0.2) is 0 Å². The van der Waals surface area contributed by atoms with Crippen molar-refractivity contribution in [3.05, 3.63) is 224 Å². The highest BCUT2D eigenvalue weighted by atomic mass is 15.1. The van der Waals surface area contributed by atoms with Gasteiger partial charge < -0.3 is 4.90 Å². The fourth-order valence-electron chi connectivity index (χ4n) is 6.16. The van der Waals surface area contributed by atoms with Gasteiger partial charge in [0.05, 0.1) is 23.3 Å². The maximum absolute atomic E-state index is 9.79. The Hall–Kier alpha value is -6.96. The molecule has 9 rings (SSSR count). The van der Waals surface area contributed by atoms with Crippen LogP contribution in [0.4, 0.5) is 17.1 Å². The lowest BCUT2D eigenvalue weighted by atomic mass is 9.97. The van der Waals surface area contributed by atoms with Crippen molar-refractivity contribution in [3.63, 3.8) is 0 Å². The van der Waals surface area contributed by atoms with Crippen LogP contribution in [0.25, 0.3) is 66.4 Å². The summed E-state index contributed by atoms with van der Waals surface area (Å²) < 4.78 is 153. The highest BCUT2D eigenvalue weighted by Crippen LogP contribution is 2.39. The van der Waals surface area contributed by atoms with Crippen LogP contribution in [0.5, 0.6) is 0 Å². The minimum Gasteiger partial charge on any atom is -0.310 e. The van der Waals surface area contributed by atoms with Gasteiger partial charge in [-0.15, -0.1) is 0 Å². The summed E-state index contributed by atoms with van der Waals surface area (Å²) in [5, 5.41) is 1.42. The number of benzene rings is 9. The minimum atomic E-state index is -0.868. The van der Waals surface area contributed by atoms with Gasteiger partial charge in [-0.25, -0.2) is 0 Å². The molecule has 0 aliphatic heterocycles. The van der Waals surface area contributed by atoms with Crippen LogP contribution in [-0.2, 0) is 0 Å². The minimum absolute atomic E-state index is 0.0253. The predicted octanol–water partition coefficient (Wildman–Crippen LogP) is 14.6. The molecule has 53 heavy (non-hydrogen) atoms. The van der Waals surface area contributed by atoms with Crippen LogP contribution in [0, 0.1) is 0 Å². The van der Waals surface area contributed by atoms with E-state index in [1.165, 1.54) is 4.90 Å². The summed E-state index contributed by atoms with van der Waals surface area (Å²) >= 11 is 0. The molecule has 1 nitrogen and oxygen atoms in total. The molecule has 0 fully saturated rings. The van der Waals surface area contributed by atoms with Gasteiger partial charge in [-0.05, 0) is 103 Å². The SMILES string of the molecule is [2H]c1c([2H])c([2H])c(-c2c([2H])c([2H])c(-c3c([2H])c([2H])c(N(c4ccc(-c5ccc(-c6ccccc6)cc5)cc4)c4c([2H])c([2H])c([2H])c(-c5cccc6ccccc56)c4[2H])c([2H])c3[2H])c([2H])c2[2H])c([2H])c1[2H]. The van der Waals surface area contributed by atoms with Gasteiger partial charge in [-0.2, -0.15) is 0 Å². The van der Waals surface area contributed by atoms with Gasteiger partial charge in [0.25, 0.3) is 0 Å². The second-order valence-electron chi connectivity index (χ2n) is 12.0. The third-order valence-electron chi connectivity index (χ3n) is 8.81. The van der Waals surface area contributed by atoms with Crippen LogP contribution < -0.4 is 4.90 Å². The summed E-state index contributed by atoms with van der Waals surface area (Å²) in [6.45, 7) is 0. The van der Waals surface area contributed by atoms with E-state index in [0.29, 0.717) is 10.9 Å². The lowest BCUT2D eigenvalue weighted by Gasteiger charge is -2.26. The molecule has 0 atom stereocenters. The van der Waals surface area contributed by atoms with Gasteiger partial charge in [-0.3, -0.25) is 0 Å². The summed E-state index contributed by atoms with van der Waals surface area (Å²) in [6, 6.07) is 24.4. The van der Waals surface area contributed by atoms with Crippen molar-refractivity contribution >= 4 is 27.8 Å². The molecular formula is C52H37N. The standard InChI is InChI=1S/C52H37N/c1-3-11-38(12-4-1)40-21-25-42(26-22-40)44-29-33-48(34-30-44)53(50-18-9-17-47(37-50)52-20-10-16-46-15-7-8-19-51(46)52)49-35-31-45(32-36-49)43-27-23-41(24-28-43)39-13-5-2-6-14-39/h1-37H/i1D,3D,4D,9D,11D,12D,17D,18D,21D,22D,25D,26D,29D,30D,33D,34D,37D. The fraction of sp³-hybridized carbons (Fsp3) is 0. The van der Waals surface area contributed by atoms with E-state index in [4.69, 9.17) is 15.1 Å². The number of anilines is 3. The largest absolute Gasteiger partial charge is 0.310 e. The van der Waals surface area contributed by atoms with E-state index in [2.05, 4.69) is 0 Å². The number of hydrogen-bond acceptors (Lipinski definition) is 1. The summed E-state index contributed by atoms with van der Waals surface area (Å²) in [4.78, 5) is 1.17. The Kier molecular flexibility index (Phi) is 5.01.